The Kier molecular flexibility index (Phi) is 3.36. The van der Waals surface area contributed by atoms with Gasteiger partial charge >= 0.3 is 0 Å². The van der Waals surface area contributed by atoms with E-state index in [9.17, 15) is 9.18 Å². The molecule has 3 aromatic rings. The monoisotopic (exact) mass is 282 g/mol. The lowest BCUT2D eigenvalue weighted by Crippen LogP contribution is -2.13. The van der Waals surface area contributed by atoms with E-state index in [1.165, 1.54) is 0 Å². The average Bonchev–Trinajstić information content (AvgIpc) is 2.51. The first-order valence-corrected chi connectivity index (χ1v) is 6.56. The molecule has 1 amide bonds. The van der Waals surface area contributed by atoms with Crippen molar-refractivity contribution >= 4 is 22.5 Å². The minimum atomic E-state index is -0.409. The van der Waals surface area contributed by atoms with Gasteiger partial charge in [0, 0.05) is 18.6 Å². The van der Waals surface area contributed by atoms with Gasteiger partial charge in [0.15, 0.2) is 0 Å². The lowest BCUT2D eigenvalue weighted by molar-refractivity contribution is 0.102. The number of nitrogens with zero attached hydrogens (tertiary/aromatic N) is 1. The van der Waals surface area contributed by atoms with E-state index in [2.05, 4.69) is 10.3 Å². The predicted octanol–water partition coefficient (Wildman–Crippen LogP) is 4.18. The fraction of sp³-hybridized carbons (Fsp3) is 0.0588. The van der Waals surface area contributed by atoms with Crippen LogP contribution in [0.25, 0.3) is 10.9 Å². The molecular formula is C17H15FN2O. The van der Waals surface area contributed by atoms with Gasteiger partial charge in [-0.2, -0.15) is 0 Å². The molecule has 106 valence electrons. The van der Waals surface area contributed by atoms with Crippen molar-refractivity contribution in [3.63, 3.8) is 0 Å². The molecule has 0 atom stereocenters. The van der Waals surface area contributed by atoms with Gasteiger partial charge in [-0.15, -0.1) is 0 Å². The van der Waals surface area contributed by atoms with Gasteiger partial charge in [0.05, 0.1) is 11.2 Å². The van der Waals surface area contributed by atoms with Crippen LogP contribution in [0, 0.1) is 12.7 Å². The quantitative estimate of drug-likeness (QED) is 0.766. The summed E-state index contributed by atoms with van der Waals surface area (Å²) >= 11 is 0. The summed E-state index contributed by atoms with van der Waals surface area (Å²) in [6.07, 6.45) is 1.70. The summed E-state index contributed by atoms with van der Waals surface area (Å²) in [5, 5.41) is 3.47. The number of aryl methyl sites for hydroxylation is 1. The fourth-order valence-electron chi connectivity index (χ4n) is 2.16. The standard InChI is InChI=1S/C17H13FN2O.H2/c1-11-4-2-6-15(16(11)18)20-17(21)13-7-8-14-12(10-13)5-3-9-19-14;/h2-10H,1H3,(H,20,21);1H. The Morgan fingerprint density at radius 3 is 2.90 bits per heavy atom. The molecule has 0 fully saturated rings. The van der Waals surface area contributed by atoms with Gasteiger partial charge < -0.3 is 5.32 Å². The van der Waals surface area contributed by atoms with Gasteiger partial charge in [-0.05, 0) is 42.8 Å². The maximum Gasteiger partial charge on any atom is 0.255 e. The molecule has 1 aromatic heterocycles. The van der Waals surface area contributed by atoms with Crippen LogP contribution in [-0.4, -0.2) is 10.9 Å². The zero-order valence-corrected chi connectivity index (χ0v) is 11.4. The van der Waals surface area contributed by atoms with Crippen molar-refractivity contribution in [1.29, 1.82) is 0 Å². The number of aromatic nitrogens is 1. The molecule has 3 nitrogen and oxygen atoms in total. The van der Waals surface area contributed by atoms with Crippen molar-refractivity contribution in [3.05, 3.63) is 71.7 Å². The van der Waals surface area contributed by atoms with E-state index in [1.54, 1.807) is 49.5 Å². The highest BCUT2D eigenvalue weighted by Gasteiger charge is 2.11. The third kappa shape index (κ3) is 2.60. The number of benzene rings is 2. The van der Waals surface area contributed by atoms with E-state index >= 15 is 0 Å². The molecule has 0 spiro atoms. The van der Waals surface area contributed by atoms with Gasteiger partial charge in [-0.3, -0.25) is 9.78 Å². The van der Waals surface area contributed by atoms with Crippen molar-refractivity contribution in [3.8, 4) is 0 Å². The van der Waals surface area contributed by atoms with Crippen LogP contribution in [0.15, 0.2) is 54.7 Å². The summed E-state index contributed by atoms with van der Waals surface area (Å²) in [5.41, 5.74) is 1.97. The highest BCUT2D eigenvalue weighted by Crippen LogP contribution is 2.19. The van der Waals surface area contributed by atoms with E-state index in [-0.39, 0.29) is 13.0 Å². The lowest BCUT2D eigenvalue weighted by atomic mass is 10.1. The van der Waals surface area contributed by atoms with Crippen LogP contribution in [0.3, 0.4) is 0 Å². The molecule has 0 saturated carbocycles. The molecule has 2 aromatic carbocycles. The van der Waals surface area contributed by atoms with Crippen molar-refractivity contribution < 1.29 is 10.6 Å². The molecular weight excluding hydrogens is 267 g/mol. The molecule has 4 heteroatoms. The van der Waals surface area contributed by atoms with Gasteiger partial charge in [-0.25, -0.2) is 4.39 Å². The molecule has 21 heavy (non-hydrogen) atoms. The molecule has 0 unspecified atom stereocenters. The van der Waals surface area contributed by atoms with Crippen LogP contribution in [0.1, 0.15) is 17.3 Å². The summed E-state index contributed by atoms with van der Waals surface area (Å²) in [7, 11) is 0. The Bertz CT molecular complexity index is 836. The fourth-order valence-corrected chi connectivity index (χ4v) is 2.16. The summed E-state index contributed by atoms with van der Waals surface area (Å²) in [5.74, 6) is -0.751. The van der Waals surface area contributed by atoms with Crippen molar-refractivity contribution in [1.82, 2.24) is 4.98 Å². The minimum Gasteiger partial charge on any atom is -0.319 e. The maximum atomic E-state index is 13.9. The minimum absolute atomic E-state index is 0. The van der Waals surface area contributed by atoms with Crippen LogP contribution in [0.4, 0.5) is 10.1 Å². The van der Waals surface area contributed by atoms with Gasteiger partial charge in [0.25, 0.3) is 5.91 Å². The second-order valence-electron chi connectivity index (χ2n) is 4.80. The molecule has 3 rings (SSSR count). The van der Waals surface area contributed by atoms with Crippen molar-refractivity contribution in [2.45, 2.75) is 6.92 Å². The van der Waals surface area contributed by atoms with Gasteiger partial charge in [0.1, 0.15) is 5.82 Å². The van der Waals surface area contributed by atoms with Crippen LogP contribution in [0.5, 0.6) is 0 Å². The zero-order chi connectivity index (χ0) is 14.8. The number of amides is 1. The summed E-state index contributed by atoms with van der Waals surface area (Å²) in [4.78, 5) is 16.4. The third-order valence-electron chi connectivity index (χ3n) is 3.31. The molecule has 0 aliphatic rings. The Labute approximate surface area is 122 Å². The van der Waals surface area contributed by atoms with Crippen LogP contribution < -0.4 is 5.32 Å². The third-order valence-corrected chi connectivity index (χ3v) is 3.31. The maximum absolute atomic E-state index is 13.9. The number of rotatable bonds is 2. The number of hydrogen-bond donors (Lipinski definition) is 1. The number of fused-ring (bicyclic) bond motifs is 1. The second-order valence-corrected chi connectivity index (χ2v) is 4.80. The second kappa shape index (κ2) is 5.32. The first kappa shape index (κ1) is 13.2. The lowest BCUT2D eigenvalue weighted by Gasteiger charge is -2.08. The highest BCUT2D eigenvalue weighted by molar-refractivity contribution is 6.06. The number of pyridine rings is 1. The highest BCUT2D eigenvalue weighted by atomic mass is 19.1. The van der Waals surface area contributed by atoms with E-state index in [0.717, 1.165) is 10.9 Å². The number of carbonyl (C=O) groups excluding carboxylic acids is 1. The number of nitrogens with one attached hydrogen (secondary N) is 1. The molecule has 0 aliphatic heterocycles. The first-order valence-electron chi connectivity index (χ1n) is 6.56. The molecule has 0 aliphatic carbocycles. The number of halogens is 1. The summed E-state index contributed by atoms with van der Waals surface area (Å²) in [6, 6.07) is 13.8. The first-order chi connectivity index (χ1) is 10.1. The van der Waals surface area contributed by atoms with E-state index in [0.29, 0.717) is 11.1 Å². The smallest absolute Gasteiger partial charge is 0.255 e. The Morgan fingerprint density at radius 2 is 2.05 bits per heavy atom. The summed E-state index contributed by atoms with van der Waals surface area (Å²) in [6.45, 7) is 1.66. The molecule has 1 N–H and O–H groups in total. The van der Waals surface area contributed by atoms with E-state index < -0.39 is 5.82 Å². The number of anilines is 1. The van der Waals surface area contributed by atoms with Gasteiger partial charge in [-0.1, -0.05) is 18.2 Å². The topological polar surface area (TPSA) is 42.0 Å². The van der Waals surface area contributed by atoms with E-state index in [1.807, 2.05) is 12.1 Å². The molecule has 0 saturated heterocycles. The van der Waals surface area contributed by atoms with Gasteiger partial charge in [0.2, 0.25) is 0 Å². The van der Waals surface area contributed by atoms with Crippen LogP contribution in [-0.2, 0) is 0 Å². The summed E-state index contributed by atoms with van der Waals surface area (Å²) < 4.78 is 13.9. The molecule has 0 radical (unpaired) electrons. The van der Waals surface area contributed by atoms with Crippen LogP contribution in [0.2, 0.25) is 0 Å². The largest absolute Gasteiger partial charge is 0.319 e. The Hall–Kier alpha value is -2.75. The molecule has 0 bridgehead atoms. The predicted molar refractivity (Wildman–Crippen MR) is 82.9 cm³/mol. The van der Waals surface area contributed by atoms with Crippen LogP contribution >= 0.6 is 0 Å². The average molecular weight is 282 g/mol. The zero-order valence-electron chi connectivity index (χ0n) is 11.4. The number of carbonyl (C=O) groups is 1. The Balaban J connectivity index is 0.00000176. The SMILES string of the molecule is Cc1cccc(NC(=O)c2ccc3ncccc3c2)c1F.[HH]. The van der Waals surface area contributed by atoms with Crippen molar-refractivity contribution in [2.24, 2.45) is 0 Å². The normalized spacial score (nSPS) is 10.6. The van der Waals surface area contributed by atoms with E-state index in [4.69, 9.17) is 0 Å². The van der Waals surface area contributed by atoms with Crippen molar-refractivity contribution in [2.75, 3.05) is 5.32 Å². The molecule has 1 heterocycles. The number of hydrogen-bond acceptors (Lipinski definition) is 2. The Morgan fingerprint density at radius 1 is 1.19 bits per heavy atom.